The van der Waals surface area contributed by atoms with E-state index in [9.17, 15) is 4.79 Å². The topological polar surface area (TPSA) is 30.2 Å². The van der Waals surface area contributed by atoms with Crippen LogP contribution >= 0.6 is 11.8 Å². The molecule has 1 rings (SSSR count). The molecule has 4 heteroatoms. The summed E-state index contributed by atoms with van der Waals surface area (Å²) in [6.07, 6.45) is 2.05. The van der Waals surface area contributed by atoms with Crippen molar-refractivity contribution in [2.75, 3.05) is 12.9 Å². The van der Waals surface area contributed by atoms with E-state index < -0.39 is 0 Å². The summed E-state index contributed by atoms with van der Waals surface area (Å²) in [7, 11) is 0. The van der Waals surface area contributed by atoms with Crippen molar-refractivity contribution >= 4 is 17.7 Å². The van der Waals surface area contributed by atoms with Gasteiger partial charge in [-0.3, -0.25) is 0 Å². The van der Waals surface area contributed by atoms with Gasteiger partial charge in [-0.15, -0.1) is 11.8 Å². The number of esters is 1. The van der Waals surface area contributed by atoms with Crippen molar-refractivity contribution in [1.29, 1.82) is 0 Å². The molecule has 0 bridgehead atoms. The summed E-state index contributed by atoms with van der Waals surface area (Å²) in [5.74, 6) is -0.185. The minimum Gasteiger partial charge on any atom is -0.461 e. The lowest BCUT2D eigenvalue weighted by molar-refractivity contribution is -0.698. The lowest BCUT2D eigenvalue weighted by Crippen LogP contribution is -2.44. The Labute approximate surface area is 101 Å². The average molecular weight is 240 g/mol. The molecular formula is C12H18NO2S+. The molecule has 0 N–H and O–H groups in total. The van der Waals surface area contributed by atoms with Gasteiger partial charge in [-0.2, -0.15) is 4.57 Å². The Morgan fingerprint density at radius 1 is 1.38 bits per heavy atom. The third kappa shape index (κ3) is 3.23. The van der Waals surface area contributed by atoms with E-state index in [0.717, 1.165) is 11.4 Å². The van der Waals surface area contributed by atoms with Crippen LogP contribution < -0.4 is 4.57 Å². The van der Waals surface area contributed by atoms with E-state index in [-0.39, 0.29) is 5.97 Å². The molecule has 1 aromatic heterocycles. The van der Waals surface area contributed by atoms with Crippen LogP contribution in [0.5, 0.6) is 0 Å². The number of aromatic nitrogens is 1. The second-order valence-electron chi connectivity index (χ2n) is 3.57. The van der Waals surface area contributed by atoms with Crippen molar-refractivity contribution in [2.24, 2.45) is 0 Å². The second-order valence-corrected chi connectivity index (χ2v) is 4.45. The summed E-state index contributed by atoms with van der Waals surface area (Å²) < 4.78 is 6.92. The maximum atomic E-state index is 11.4. The Morgan fingerprint density at radius 3 is 2.38 bits per heavy atom. The fourth-order valence-corrected chi connectivity index (χ4v) is 2.17. The van der Waals surface area contributed by atoms with Gasteiger partial charge in [-0.05, 0) is 13.2 Å². The van der Waals surface area contributed by atoms with Gasteiger partial charge in [0.15, 0.2) is 11.4 Å². The molecule has 0 aliphatic heterocycles. The number of carbonyl (C=O) groups is 1. The van der Waals surface area contributed by atoms with E-state index in [0.29, 0.717) is 13.2 Å². The Hall–Kier alpha value is -1.03. The van der Waals surface area contributed by atoms with Gasteiger partial charge < -0.3 is 4.74 Å². The zero-order chi connectivity index (χ0) is 12.1. The van der Waals surface area contributed by atoms with Crippen LogP contribution in [0.25, 0.3) is 0 Å². The number of ether oxygens (including phenoxy) is 1. The monoisotopic (exact) mass is 240 g/mol. The summed E-state index contributed by atoms with van der Waals surface area (Å²) in [4.78, 5) is 12.6. The standard InChI is InChI=1S/C12H18NO2S/c1-5-15-12(14)8-13-9(2)6-11(16-4)7-10(13)3/h6-7H,5,8H2,1-4H3/q+1. The van der Waals surface area contributed by atoms with E-state index in [4.69, 9.17) is 4.74 Å². The predicted molar refractivity (Wildman–Crippen MR) is 64.5 cm³/mol. The Balaban J connectivity index is 2.92. The molecule has 0 saturated heterocycles. The van der Waals surface area contributed by atoms with Crippen LogP contribution in [0.2, 0.25) is 0 Å². The van der Waals surface area contributed by atoms with E-state index >= 15 is 0 Å². The smallest absolute Gasteiger partial charge is 0.372 e. The number of rotatable bonds is 4. The van der Waals surface area contributed by atoms with Crippen molar-refractivity contribution < 1.29 is 14.1 Å². The number of nitrogens with zero attached hydrogens (tertiary/aromatic N) is 1. The Kier molecular flexibility index (Phi) is 4.80. The van der Waals surface area contributed by atoms with Crippen molar-refractivity contribution in [3.05, 3.63) is 23.5 Å². The predicted octanol–water partition coefficient (Wildman–Crippen LogP) is 1.88. The summed E-state index contributed by atoms with van der Waals surface area (Å²) in [6, 6.07) is 4.16. The van der Waals surface area contributed by atoms with E-state index in [1.807, 2.05) is 31.6 Å². The molecule has 1 aromatic rings. The summed E-state index contributed by atoms with van der Waals surface area (Å²) in [5, 5.41) is 0. The molecule has 0 aromatic carbocycles. The molecule has 0 aliphatic rings. The number of hydrogen-bond acceptors (Lipinski definition) is 3. The molecule has 1 heterocycles. The van der Waals surface area contributed by atoms with Crippen molar-refractivity contribution in [1.82, 2.24) is 0 Å². The molecular weight excluding hydrogens is 222 g/mol. The van der Waals surface area contributed by atoms with E-state index in [1.165, 1.54) is 4.90 Å². The van der Waals surface area contributed by atoms with Crippen molar-refractivity contribution in [3.8, 4) is 0 Å². The van der Waals surface area contributed by atoms with Gasteiger partial charge in [0.2, 0.25) is 6.54 Å². The maximum Gasteiger partial charge on any atom is 0.372 e. The highest BCUT2D eigenvalue weighted by Crippen LogP contribution is 2.15. The molecule has 0 saturated carbocycles. The highest BCUT2D eigenvalue weighted by molar-refractivity contribution is 7.98. The summed E-state index contributed by atoms with van der Waals surface area (Å²) >= 11 is 1.71. The van der Waals surface area contributed by atoms with Crippen LogP contribution in [0, 0.1) is 13.8 Å². The van der Waals surface area contributed by atoms with Gasteiger partial charge in [-0.25, -0.2) is 4.79 Å². The van der Waals surface area contributed by atoms with Gasteiger partial charge in [0.05, 0.1) is 6.61 Å². The molecule has 0 unspecified atom stereocenters. The molecule has 16 heavy (non-hydrogen) atoms. The number of hydrogen-bond donors (Lipinski definition) is 0. The van der Waals surface area contributed by atoms with E-state index in [2.05, 4.69) is 12.1 Å². The highest BCUT2D eigenvalue weighted by Gasteiger charge is 2.17. The molecule has 0 fully saturated rings. The zero-order valence-corrected chi connectivity index (χ0v) is 11.1. The van der Waals surface area contributed by atoms with Crippen LogP contribution in [0.4, 0.5) is 0 Å². The molecule has 0 amide bonds. The number of pyridine rings is 1. The van der Waals surface area contributed by atoms with Crippen LogP contribution in [0.1, 0.15) is 18.3 Å². The van der Waals surface area contributed by atoms with Crippen LogP contribution in [0.15, 0.2) is 17.0 Å². The van der Waals surface area contributed by atoms with Crippen LogP contribution in [-0.2, 0) is 16.1 Å². The number of thioether (sulfide) groups is 1. The van der Waals surface area contributed by atoms with Gasteiger partial charge in [-0.1, -0.05) is 0 Å². The van der Waals surface area contributed by atoms with Crippen LogP contribution in [0.3, 0.4) is 0 Å². The van der Waals surface area contributed by atoms with Crippen LogP contribution in [-0.4, -0.2) is 18.8 Å². The third-order valence-electron chi connectivity index (χ3n) is 2.38. The molecule has 0 spiro atoms. The molecule has 88 valence electrons. The minimum absolute atomic E-state index is 0.185. The zero-order valence-electron chi connectivity index (χ0n) is 10.2. The molecule has 0 atom stereocenters. The summed E-state index contributed by atoms with van der Waals surface area (Å²) in [5.41, 5.74) is 2.16. The number of carbonyl (C=O) groups excluding carboxylic acids is 1. The quantitative estimate of drug-likeness (QED) is 0.457. The second kappa shape index (κ2) is 5.89. The van der Waals surface area contributed by atoms with Crippen molar-refractivity contribution in [3.63, 3.8) is 0 Å². The summed E-state index contributed by atoms with van der Waals surface area (Å²) in [6.45, 7) is 6.55. The van der Waals surface area contributed by atoms with Gasteiger partial charge in [0.25, 0.3) is 0 Å². The maximum absolute atomic E-state index is 11.4. The Bertz CT molecular complexity index is 368. The molecule has 3 nitrogen and oxygen atoms in total. The lowest BCUT2D eigenvalue weighted by atomic mass is 10.3. The Morgan fingerprint density at radius 2 is 1.94 bits per heavy atom. The van der Waals surface area contributed by atoms with Crippen molar-refractivity contribution in [2.45, 2.75) is 32.2 Å². The van der Waals surface area contributed by atoms with Gasteiger partial charge >= 0.3 is 5.97 Å². The first kappa shape index (κ1) is 13.0. The lowest BCUT2D eigenvalue weighted by Gasteiger charge is -2.05. The first-order chi connectivity index (χ1) is 7.58. The highest BCUT2D eigenvalue weighted by atomic mass is 32.2. The minimum atomic E-state index is -0.185. The van der Waals surface area contributed by atoms with Gasteiger partial charge in [0, 0.05) is 30.9 Å². The molecule has 0 radical (unpaired) electrons. The SMILES string of the molecule is CCOC(=O)C[n+]1c(C)cc(SC)cc1C. The van der Waals surface area contributed by atoms with Gasteiger partial charge in [0.1, 0.15) is 0 Å². The normalized spacial score (nSPS) is 10.2. The average Bonchev–Trinajstić information content (AvgIpc) is 2.23. The molecule has 0 aliphatic carbocycles. The first-order valence-electron chi connectivity index (χ1n) is 5.29. The largest absolute Gasteiger partial charge is 0.461 e. The number of aryl methyl sites for hydroxylation is 2. The third-order valence-corrected chi connectivity index (χ3v) is 3.09. The fraction of sp³-hybridized carbons (Fsp3) is 0.500. The fourth-order valence-electron chi connectivity index (χ4n) is 1.59. The first-order valence-corrected chi connectivity index (χ1v) is 6.51. The van der Waals surface area contributed by atoms with E-state index in [1.54, 1.807) is 11.8 Å².